The third kappa shape index (κ3) is 3.05. The van der Waals surface area contributed by atoms with Gasteiger partial charge in [0.15, 0.2) is 0 Å². The topological polar surface area (TPSA) is 24.9 Å². The number of nitrogens with zero attached hydrogens (tertiary/aromatic N) is 1. The molecular weight excluding hydrogens is 216 g/mol. The average Bonchev–Trinajstić information content (AvgIpc) is 2.63. The summed E-state index contributed by atoms with van der Waals surface area (Å²) in [5.74, 6) is 1.72. The van der Waals surface area contributed by atoms with Crippen LogP contribution in [0.3, 0.4) is 0 Å². The minimum atomic E-state index is 0.695. The Morgan fingerprint density at radius 2 is 2.25 bits per heavy atom. The van der Waals surface area contributed by atoms with E-state index < -0.39 is 0 Å². The van der Waals surface area contributed by atoms with Crippen LogP contribution in [0, 0.1) is 18.8 Å². The molecule has 0 bridgehead atoms. The van der Waals surface area contributed by atoms with Crippen molar-refractivity contribution in [1.29, 1.82) is 0 Å². The molecule has 0 radical (unpaired) electrons. The molecule has 0 amide bonds. The Kier molecular flexibility index (Phi) is 3.98. The smallest absolute Gasteiger partial charge is 0.107 e. The van der Waals surface area contributed by atoms with E-state index in [0.29, 0.717) is 6.04 Å². The summed E-state index contributed by atoms with van der Waals surface area (Å²) in [6.07, 6.45) is 6.04. The van der Waals surface area contributed by atoms with Crippen LogP contribution in [0.4, 0.5) is 0 Å². The Bertz CT molecular complexity index is 334. The molecule has 1 aromatic heterocycles. The summed E-state index contributed by atoms with van der Waals surface area (Å²) < 4.78 is 0. The molecule has 0 spiro atoms. The molecule has 1 fully saturated rings. The Morgan fingerprint density at radius 1 is 1.44 bits per heavy atom. The fourth-order valence-electron chi connectivity index (χ4n) is 2.67. The highest BCUT2D eigenvalue weighted by atomic mass is 32.1. The van der Waals surface area contributed by atoms with Crippen LogP contribution in [0.2, 0.25) is 0 Å². The number of hydrogen-bond acceptors (Lipinski definition) is 3. The summed E-state index contributed by atoms with van der Waals surface area (Å²) in [6, 6.07) is 0.695. The van der Waals surface area contributed by atoms with E-state index in [0.717, 1.165) is 18.4 Å². The zero-order valence-corrected chi connectivity index (χ0v) is 11.3. The lowest BCUT2D eigenvalue weighted by Crippen LogP contribution is -2.38. The molecule has 1 N–H and O–H groups in total. The van der Waals surface area contributed by atoms with Crippen LogP contribution in [-0.4, -0.2) is 11.0 Å². The van der Waals surface area contributed by atoms with Gasteiger partial charge in [-0.2, -0.15) is 0 Å². The third-order valence-corrected chi connectivity index (χ3v) is 4.53. The lowest BCUT2D eigenvalue weighted by atomic mass is 9.80. The number of rotatable bonds is 3. The van der Waals surface area contributed by atoms with Crippen molar-refractivity contribution in [2.24, 2.45) is 11.8 Å². The van der Waals surface area contributed by atoms with Gasteiger partial charge < -0.3 is 5.32 Å². The molecule has 2 rings (SSSR count). The van der Waals surface area contributed by atoms with Crippen LogP contribution in [0.25, 0.3) is 0 Å². The number of aryl methyl sites for hydroxylation is 1. The summed E-state index contributed by atoms with van der Waals surface area (Å²) in [6.45, 7) is 7.81. The van der Waals surface area contributed by atoms with E-state index in [9.17, 15) is 0 Å². The monoisotopic (exact) mass is 238 g/mol. The van der Waals surface area contributed by atoms with Crippen LogP contribution in [0.5, 0.6) is 0 Å². The van der Waals surface area contributed by atoms with Gasteiger partial charge in [-0.1, -0.05) is 13.8 Å². The normalized spacial score (nSPS) is 30.6. The van der Waals surface area contributed by atoms with Gasteiger partial charge in [0.2, 0.25) is 0 Å². The van der Waals surface area contributed by atoms with E-state index in [1.807, 2.05) is 6.20 Å². The Balaban J connectivity index is 1.81. The predicted octanol–water partition coefficient (Wildman–Crippen LogP) is 3.37. The summed E-state index contributed by atoms with van der Waals surface area (Å²) in [5.41, 5.74) is 0. The summed E-state index contributed by atoms with van der Waals surface area (Å²) in [4.78, 5) is 5.70. The highest BCUT2D eigenvalue weighted by Gasteiger charge is 2.24. The van der Waals surface area contributed by atoms with Gasteiger partial charge in [-0.3, -0.25) is 0 Å². The molecule has 0 saturated heterocycles. The van der Waals surface area contributed by atoms with E-state index in [-0.39, 0.29) is 0 Å². The largest absolute Gasteiger partial charge is 0.307 e. The molecule has 1 aliphatic rings. The van der Waals surface area contributed by atoms with Gasteiger partial charge >= 0.3 is 0 Å². The van der Waals surface area contributed by atoms with Crippen molar-refractivity contribution in [2.75, 3.05) is 0 Å². The molecular formula is C13H22N2S. The molecule has 3 unspecified atom stereocenters. The summed E-state index contributed by atoms with van der Waals surface area (Å²) in [7, 11) is 0. The fourth-order valence-corrected chi connectivity index (χ4v) is 3.41. The second kappa shape index (κ2) is 5.28. The number of hydrogen-bond donors (Lipinski definition) is 1. The first-order chi connectivity index (χ1) is 7.65. The molecule has 1 saturated carbocycles. The van der Waals surface area contributed by atoms with Crippen molar-refractivity contribution in [3.8, 4) is 0 Å². The minimum Gasteiger partial charge on any atom is -0.307 e. The van der Waals surface area contributed by atoms with Crippen molar-refractivity contribution in [1.82, 2.24) is 10.3 Å². The van der Waals surface area contributed by atoms with E-state index in [2.05, 4.69) is 31.1 Å². The first kappa shape index (κ1) is 12.1. The van der Waals surface area contributed by atoms with Crippen molar-refractivity contribution < 1.29 is 0 Å². The van der Waals surface area contributed by atoms with Gasteiger partial charge in [-0.15, -0.1) is 11.3 Å². The van der Waals surface area contributed by atoms with Gasteiger partial charge in [0, 0.05) is 23.7 Å². The number of nitrogens with one attached hydrogen (secondary N) is 1. The van der Waals surface area contributed by atoms with Crippen LogP contribution < -0.4 is 5.32 Å². The Labute approximate surface area is 102 Å². The van der Waals surface area contributed by atoms with Gasteiger partial charge in [0.25, 0.3) is 0 Å². The van der Waals surface area contributed by atoms with Crippen molar-refractivity contribution in [3.05, 3.63) is 16.1 Å². The highest BCUT2D eigenvalue weighted by molar-refractivity contribution is 7.11. The lowest BCUT2D eigenvalue weighted by molar-refractivity contribution is 0.227. The molecule has 90 valence electrons. The molecule has 0 aliphatic heterocycles. The molecule has 1 heterocycles. The van der Waals surface area contributed by atoms with Gasteiger partial charge in [0.05, 0.1) is 0 Å². The maximum absolute atomic E-state index is 4.40. The average molecular weight is 238 g/mol. The summed E-state index contributed by atoms with van der Waals surface area (Å²) >= 11 is 1.80. The summed E-state index contributed by atoms with van der Waals surface area (Å²) in [5, 5.41) is 4.89. The quantitative estimate of drug-likeness (QED) is 0.873. The molecule has 16 heavy (non-hydrogen) atoms. The molecule has 1 aromatic rings. The third-order valence-electron chi connectivity index (χ3n) is 3.62. The molecule has 3 atom stereocenters. The molecule has 2 nitrogen and oxygen atoms in total. The number of thiazole rings is 1. The maximum atomic E-state index is 4.40. The van der Waals surface area contributed by atoms with Crippen LogP contribution >= 0.6 is 11.3 Å². The van der Waals surface area contributed by atoms with Crippen LogP contribution in [0.1, 0.15) is 43.0 Å². The van der Waals surface area contributed by atoms with Crippen molar-refractivity contribution in [3.63, 3.8) is 0 Å². The molecule has 3 heteroatoms. The zero-order valence-electron chi connectivity index (χ0n) is 10.5. The van der Waals surface area contributed by atoms with E-state index in [1.54, 1.807) is 11.3 Å². The standard InChI is InChI=1S/C13H22N2S/c1-9-4-5-12(10(2)6-9)14-8-13-15-7-11(3)16-13/h7,9-10,12,14H,4-6,8H2,1-3H3. The maximum Gasteiger partial charge on any atom is 0.107 e. The minimum absolute atomic E-state index is 0.695. The highest BCUT2D eigenvalue weighted by Crippen LogP contribution is 2.28. The first-order valence-corrected chi connectivity index (χ1v) is 7.11. The second-order valence-corrected chi connectivity index (χ2v) is 6.57. The Hall–Kier alpha value is -0.410. The SMILES string of the molecule is Cc1cnc(CNC2CCC(C)CC2C)s1. The first-order valence-electron chi connectivity index (χ1n) is 6.30. The van der Waals surface area contributed by atoms with E-state index >= 15 is 0 Å². The van der Waals surface area contributed by atoms with Crippen LogP contribution in [0.15, 0.2) is 6.20 Å². The van der Waals surface area contributed by atoms with Gasteiger partial charge in [-0.25, -0.2) is 4.98 Å². The Morgan fingerprint density at radius 3 is 2.88 bits per heavy atom. The van der Waals surface area contributed by atoms with Crippen molar-refractivity contribution in [2.45, 2.75) is 52.6 Å². The van der Waals surface area contributed by atoms with E-state index in [1.165, 1.54) is 29.1 Å². The predicted molar refractivity (Wildman–Crippen MR) is 69.7 cm³/mol. The van der Waals surface area contributed by atoms with Gasteiger partial charge in [-0.05, 0) is 38.0 Å². The zero-order chi connectivity index (χ0) is 11.5. The lowest BCUT2D eigenvalue weighted by Gasteiger charge is -2.33. The van der Waals surface area contributed by atoms with Gasteiger partial charge in [0.1, 0.15) is 5.01 Å². The van der Waals surface area contributed by atoms with Crippen LogP contribution in [-0.2, 0) is 6.54 Å². The van der Waals surface area contributed by atoms with E-state index in [4.69, 9.17) is 0 Å². The molecule has 1 aliphatic carbocycles. The fraction of sp³-hybridized carbons (Fsp3) is 0.769. The number of aromatic nitrogens is 1. The second-order valence-electron chi connectivity index (χ2n) is 5.25. The van der Waals surface area contributed by atoms with Crippen molar-refractivity contribution >= 4 is 11.3 Å². The molecule has 0 aromatic carbocycles.